The molecule has 1 aliphatic heterocycles. The highest BCUT2D eigenvalue weighted by Gasteiger charge is 2.19. The maximum Gasteiger partial charge on any atom is 0.115 e. The Morgan fingerprint density at radius 3 is 2.81 bits per heavy atom. The summed E-state index contributed by atoms with van der Waals surface area (Å²) in [6, 6.07) is 5.89. The molecule has 1 atom stereocenters. The Hall–Kier alpha value is -2.75. The fraction of sp³-hybridized carbons (Fsp3) is 0.118. The molecule has 0 saturated carbocycles. The number of dihydropyridines is 1. The monoisotopic (exact) mass is 276 g/mol. The van der Waals surface area contributed by atoms with E-state index in [1.807, 2.05) is 30.5 Å². The van der Waals surface area contributed by atoms with E-state index in [4.69, 9.17) is 0 Å². The predicted molar refractivity (Wildman–Crippen MR) is 83.7 cm³/mol. The van der Waals surface area contributed by atoms with Gasteiger partial charge in [-0.15, -0.1) is 0 Å². The van der Waals surface area contributed by atoms with E-state index in [2.05, 4.69) is 45.4 Å². The van der Waals surface area contributed by atoms with Crippen LogP contribution in [0.15, 0.2) is 67.5 Å². The van der Waals surface area contributed by atoms with Gasteiger partial charge < -0.3 is 5.32 Å². The molecule has 2 aromatic rings. The third kappa shape index (κ3) is 3.23. The van der Waals surface area contributed by atoms with Gasteiger partial charge in [-0.2, -0.15) is 0 Å². The number of nitrogens with zero attached hydrogens (tertiary/aromatic N) is 3. The molecular formula is C17H16N4. The van der Waals surface area contributed by atoms with E-state index in [0.717, 1.165) is 17.0 Å². The highest BCUT2D eigenvalue weighted by atomic mass is 14.9. The molecule has 3 heterocycles. The lowest BCUT2D eigenvalue weighted by Gasteiger charge is -2.24. The van der Waals surface area contributed by atoms with Crippen molar-refractivity contribution in [2.75, 3.05) is 0 Å². The van der Waals surface area contributed by atoms with Crippen molar-refractivity contribution in [3.63, 3.8) is 0 Å². The van der Waals surface area contributed by atoms with Crippen molar-refractivity contribution in [3.05, 3.63) is 78.8 Å². The SMILES string of the molecule is CC1(C=Cc2cncnc2)C=CNC(c2ccccn2)=C1. The van der Waals surface area contributed by atoms with E-state index >= 15 is 0 Å². The van der Waals surface area contributed by atoms with E-state index in [1.165, 1.54) is 6.33 Å². The largest absolute Gasteiger partial charge is 0.360 e. The predicted octanol–water partition coefficient (Wildman–Crippen LogP) is 3.05. The molecule has 0 radical (unpaired) electrons. The van der Waals surface area contributed by atoms with E-state index in [0.29, 0.717) is 0 Å². The number of rotatable bonds is 3. The van der Waals surface area contributed by atoms with Gasteiger partial charge in [0.05, 0.1) is 11.4 Å². The van der Waals surface area contributed by atoms with Crippen LogP contribution in [0, 0.1) is 5.41 Å². The average molecular weight is 276 g/mol. The van der Waals surface area contributed by atoms with Crippen LogP contribution >= 0.6 is 0 Å². The Morgan fingerprint density at radius 2 is 2.05 bits per heavy atom. The first-order valence-electron chi connectivity index (χ1n) is 6.78. The number of hydrogen-bond acceptors (Lipinski definition) is 4. The van der Waals surface area contributed by atoms with Crippen LogP contribution < -0.4 is 5.32 Å². The summed E-state index contributed by atoms with van der Waals surface area (Å²) in [6.07, 6.45) is 17.3. The molecule has 0 spiro atoms. The van der Waals surface area contributed by atoms with Gasteiger partial charge in [0.2, 0.25) is 0 Å². The lowest BCUT2D eigenvalue weighted by atomic mass is 9.86. The second-order valence-corrected chi connectivity index (χ2v) is 5.12. The summed E-state index contributed by atoms with van der Waals surface area (Å²) in [5, 5.41) is 3.25. The zero-order valence-electron chi connectivity index (χ0n) is 11.8. The molecule has 0 amide bonds. The molecule has 0 aromatic carbocycles. The number of nitrogens with one attached hydrogen (secondary N) is 1. The first-order valence-corrected chi connectivity index (χ1v) is 6.78. The number of allylic oxidation sites excluding steroid dienone is 3. The van der Waals surface area contributed by atoms with Crippen LogP contribution in [0.1, 0.15) is 18.2 Å². The number of pyridine rings is 1. The number of aromatic nitrogens is 3. The Morgan fingerprint density at radius 1 is 1.19 bits per heavy atom. The molecule has 0 bridgehead atoms. The standard InChI is InChI=1S/C17H16N4/c1-17(6-5-14-11-18-13-19-12-14)7-9-21-16(10-17)15-4-2-3-8-20-15/h2-13,21H,1H3. The molecule has 1 aliphatic rings. The molecule has 1 N–H and O–H groups in total. The molecule has 0 fully saturated rings. The summed E-state index contributed by atoms with van der Waals surface area (Å²) in [5.41, 5.74) is 2.76. The van der Waals surface area contributed by atoms with Gasteiger partial charge in [-0.3, -0.25) is 4.98 Å². The fourth-order valence-corrected chi connectivity index (χ4v) is 2.16. The first kappa shape index (κ1) is 13.2. The quantitative estimate of drug-likeness (QED) is 0.936. The van der Waals surface area contributed by atoms with Gasteiger partial charge in [0.25, 0.3) is 0 Å². The topological polar surface area (TPSA) is 50.7 Å². The van der Waals surface area contributed by atoms with E-state index in [9.17, 15) is 0 Å². The van der Waals surface area contributed by atoms with E-state index in [1.54, 1.807) is 18.6 Å². The van der Waals surface area contributed by atoms with Gasteiger partial charge in [0.1, 0.15) is 6.33 Å². The zero-order valence-corrected chi connectivity index (χ0v) is 11.8. The van der Waals surface area contributed by atoms with Crippen LogP contribution in [0.5, 0.6) is 0 Å². The van der Waals surface area contributed by atoms with Gasteiger partial charge in [-0.1, -0.05) is 24.3 Å². The molecule has 21 heavy (non-hydrogen) atoms. The van der Waals surface area contributed by atoms with Crippen LogP contribution in [-0.4, -0.2) is 15.0 Å². The second kappa shape index (κ2) is 5.71. The molecule has 0 saturated heterocycles. The lowest BCUT2D eigenvalue weighted by Crippen LogP contribution is -2.18. The van der Waals surface area contributed by atoms with Crippen LogP contribution in [0.2, 0.25) is 0 Å². The third-order valence-electron chi connectivity index (χ3n) is 3.29. The highest BCUT2D eigenvalue weighted by molar-refractivity contribution is 5.65. The second-order valence-electron chi connectivity index (χ2n) is 5.12. The van der Waals surface area contributed by atoms with Crippen molar-refractivity contribution < 1.29 is 0 Å². The van der Waals surface area contributed by atoms with E-state index < -0.39 is 0 Å². The summed E-state index contributed by atoms with van der Waals surface area (Å²) in [6.45, 7) is 2.15. The van der Waals surface area contributed by atoms with Gasteiger partial charge in [-0.25, -0.2) is 9.97 Å². The molecule has 2 aromatic heterocycles. The minimum atomic E-state index is -0.173. The smallest absolute Gasteiger partial charge is 0.115 e. The minimum Gasteiger partial charge on any atom is -0.360 e. The van der Waals surface area contributed by atoms with Crippen molar-refractivity contribution in [2.45, 2.75) is 6.92 Å². The maximum absolute atomic E-state index is 4.38. The van der Waals surface area contributed by atoms with Crippen molar-refractivity contribution in [2.24, 2.45) is 5.41 Å². The Labute approximate surface area is 124 Å². The van der Waals surface area contributed by atoms with Gasteiger partial charge in [-0.05, 0) is 31.3 Å². The normalized spacial score (nSPS) is 21.1. The van der Waals surface area contributed by atoms with Crippen LogP contribution in [0.3, 0.4) is 0 Å². The van der Waals surface area contributed by atoms with Crippen LogP contribution in [0.25, 0.3) is 11.8 Å². The van der Waals surface area contributed by atoms with E-state index in [-0.39, 0.29) is 5.41 Å². The number of hydrogen-bond donors (Lipinski definition) is 1. The fourth-order valence-electron chi connectivity index (χ4n) is 2.16. The molecule has 3 rings (SSSR count). The molecule has 4 nitrogen and oxygen atoms in total. The Bertz CT molecular complexity index is 689. The van der Waals surface area contributed by atoms with Crippen LogP contribution in [-0.2, 0) is 0 Å². The van der Waals surface area contributed by atoms with Crippen molar-refractivity contribution in [1.82, 2.24) is 20.3 Å². The zero-order chi connectivity index (χ0) is 14.5. The summed E-state index contributed by atoms with van der Waals surface area (Å²) >= 11 is 0. The summed E-state index contributed by atoms with van der Waals surface area (Å²) in [5.74, 6) is 0. The highest BCUT2D eigenvalue weighted by Crippen LogP contribution is 2.29. The average Bonchev–Trinajstić information content (AvgIpc) is 2.55. The van der Waals surface area contributed by atoms with Crippen molar-refractivity contribution in [3.8, 4) is 0 Å². The first-order chi connectivity index (χ1) is 10.3. The molecular weight excluding hydrogens is 260 g/mol. The summed E-state index contributed by atoms with van der Waals surface area (Å²) < 4.78 is 0. The van der Waals surface area contributed by atoms with Gasteiger partial charge in [0.15, 0.2) is 0 Å². The Kier molecular flexibility index (Phi) is 3.60. The third-order valence-corrected chi connectivity index (χ3v) is 3.29. The van der Waals surface area contributed by atoms with Gasteiger partial charge >= 0.3 is 0 Å². The van der Waals surface area contributed by atoms with Crippen molar-refractivity contribution in [1.29, 1.82) is 0 Å². The lowest BCUT2D eigenvalue weighted by molar-refractivity contribution is 0.702. The maximum atomic E-state index is 4.38. The van der Waals surface area contributed by atoms with Gasteiger partial charge in [0, 0.05) is 29.6 Å². The summed E-state index contributed by atoms with van der Waals surface area (Å²) in [4.78, 5) is 12.4. The molecule has 0 aliphatic carbocycles. The molecule has 1 unspecified atom stereocenters. The van der Waals surface area contributed by atoms with Crippen molar-refractivity contribution >= 4 is 11.8 Å². The minimum absolute atomic E-state index is 0.173. The molecule has 104 valence electrons. The Balaban J connectivity index is 1.87. The molecule has 4 heteroatoms. The summed E-state index contributed by atoms with van der Waals surface area (Å²) in [7, 11) is 0. The van der Waals surface area contributed by atoms with Crippen LogP contribution in [0.4, 0.5) is 0 Å².